The number of carboxylic acids is 1. The number of aromatic nitrogens is 1. The first kappa shape index (κ1) is 20.3. The Morgan fingerprint density at radius 3 is 2.28 bits per heavy atom. The number of pyridine rings is 1. The Kier molecular flexibility index (Phi) is 5.52. The zero-order valence-electron chi connectivity index (χ0n) is 15.5. The Morgan fingerprint density at radius 1 is 1.03 bits per heavy atom. The first-order chi connectivity index (χ1) is 13.7. The monoisotopic (exact) mass is 414 g/mol. The van der Waals surface area contributed by atoms with E-state index in [2.05, 4.69) is 5.32 Å². The number of aromatic carboxylic acids is 1. The fourth-order valence-corrected chi connectivity index (χ4v) is 3.19. The number of carboxylic acid groups (broad SMARTS) is 1. The summed E-state index contributed by atoms with van der Waals surface area (Å²) in [6, 6.07) is 9.11. The minimum absolute atomic E-state index is 0.0350. The Balaban J connectivity index is 2.01. The highest BCUT2D eigenvalue weighted by Gasteiger charge is 2.15. The van der Waals surface area contributed by atoms with Crippen LogP contribution in [0.3, 0.4) is 0 Å². The van der Waals surface area contributed by atoms with Gasteiger partial charge < -0.3 is 10.4 Å². The lowest BCUT2D eigenvalue weighted by Gasteiger charge is -2.14. The average molecular weight is 415 g/mol. The number of hydrogen-bond acceptors (Lipinski definition) is 3. The van der Waals surface area contributed by atoms with Crippen molar-refractivity contribution in [3.63, 3.8) is 0 Å². The van der Waals surface area contributed by atoms with Crippen molar-refractivity contribution >= 4 is 29.2 Å². The van der Waals surface area contributed by atoms with Crippen LogP contribution >= 0.6 is 11.6 Å². The molecule has 0 radical (unpaired) electrons. The molecule has 1 heterocycles. The molecule has 1 aromatic heterocycles. The van der Waals surface area contributed by atoms with Gasteiger partial charge in [-0.1, -0.05) is 11.6 Å². The van der Waals surface area contributed by atoms with Gasteiger partial charge in [-0.3, -0.25) is 14.2 Å². The summed E-state index contributed by atoms with van der Waals surface area (Å²) in [5.41, 5.74) is 1.42. The van der Waals surface area contributed by atoms with Crippen LogP contribution in [0, 0.1) is 19.7 Å². The average Bonchev–Trinajstić information content (AvgIpc) is 2.63. The summed E-state index contributed by atoms with van der Waals surface area (Å²) in [6.45, 7) is 3.34. The smallest absolute Gasteiger partial charge is 0.335 e. The van der Waals surface area contributed by atoms with E-state index in [0.29, 0.717) is 16.8 Å². The third-order valence-corrected chi connectivity index (χ3v) is 4.66. The van der Waals surface area contributed by atoms with Gasteiger partial charge >= 0.3 is 5.97 Å². The molecule has 0 aliphatic carbocycles. The molecule has 0 saturated heterocycles. The van der Waals surface area contributed by atoms with Crippen LogP contribution in [0.5, 0.6) is 0 Å². The van der Waals surface area contributed by atoms with E-state index in [1.807, 2.05) is 0 Å². The largest absolute Gasteiger partial charge is 0.478 e. The number of nitrogens with zero attached hydrogens (tertiary/aromatic N) is 1. The van der Waals surface area contributed by atoms with Gasteiger partial charge in [0.2, 0.25) is 0 Å². The van der Waals surface area contributed by atoms with Crippen molar-refractivity contribution in [3.05, 3.63) is 92.1 Å². The fraction of sp³-hybridized carbons (Fsp3) is 0.0952. The summed E-state index contributed by atoms with van der Waals surface area (Å²) >= 11 is 6.04. The molecule has 3 rings (SSSR count). The first-order valence-corrected chi connectivity index (χ1v) is 8.89. The van der Waals surface area contributed by atoms with Crippen LogP contribution in [-0.4, -0.2) is 21.6 Å². The number of carbonyl (C=O) groups excluding carboxylic acids is 1. The Hall–Kier alpha value is -3.45. The number of amides is 1. The third-order valence-electron chi connectivity index (χ3n) is 4.33. The second-order valence-electron chi connectivity index (χ2n) is 6.47. The normalized spacial score (nSPS) is 10.6. The van der Waals surface area contributed by atoms with E-state index in [-0.39, 0.29) is 27.4 Å². The summed E-state index contributed by atoms with van der Waals surface area (Å²) in [5.74, 6) is -2.16. The van der Waals surface area contributed by atoms with Crippen molar-refractivity contribution in [1.82, 2.24) is 4.57 Å². The molecule has 2 N–H and O–H groups in total. The molecule has 0 atom stereocenters. The van der Waals surface area contributed by atoms with Gasteiger partial charge in [0.05, 0.1) is 27.5 Å². The Labute approximate surface area is 170 Å². The molecule has 0 saturated carbocycles. The summed E-state index contributed by atoms with van der Waals surface area (Å²) < 4.78 is 14.9. The van der Waals surface area contributed by atoms with Crippen LogP contribution in [0.4, 0.5) is 10.1 Å². The van der Waals surface area contributed by atoms with Crippen molar-refractivity contribution < 1.29 is 19.1 Å². The minimum atomic E-state index is -1.16. The van der Waals surface area contributed by atoms with Gasteiger partial charge in [0.15, 0.2) is 0 Å². The maximum Gasteiger partial charge on any atom is 0.335 e. The molecule has 2 aromatic carbocycles. The standard InChI is InChI=1S/C21H16ClFN2O4/c1-11-7-15(23)8-12(2)19(11)25-10-14(4-6-18(25)26)20(27)24-17-9-13(21(28)29)3-5-16(17)22/h3-10H,1-2H3,(H,24,27)(H,28,29). The second-order valence-corrected chi connectivity index (χ2v) is 6.88. The van der Waals surface area contributed by atoms with E-state index in [4.69, 9.17) is 16.7 Å². The molecule has 3 aromatic rings. The molecule has 0 spiro atoms. The lowest BCUT2D eigenvalue weighted by atomic mass is 10.1. The second kappa shape index (κ2) is 7.89. The molecular formula is C21H16ClFN2O4. The molecule has 1 amide bonds. The van der Waals surface area contributed by atoms with Gasteiger partial charge in [-0.25, -0.2) is 9.18 Å². The van der Waals surface area contributed by atoms with Gasteiger partial charge in [0.25, 0.3) is 11.5 Å². The van der Waals surface area contributed by atoms with E-state index >= 15 is 0 Å². The highest BCUT2D eigenvalue weighted by molar-refractivity contribution is 6.34. The summed E-state index contributed by atoms with van der Waals surface area (Å²) in [6.07, 6.45) is 1.35. The number of anilines is 1. The van der Waals surface area contributed by atoms with E-state index in [0.717, 1.165) is 0 Å². The van der Waals surface area contributed by atoms with Crippen molar-refractivity contribution in [2.45, 2.75) is 13.8 Å². The zero-order valence-corrected chi connectivity index (χ0v) is 16.2. The van der Waals surface area contributed by atoms with Crippen molar-refractivity contribution in [2.75, 3.05) is 5.32 Å². The van der Waals surface area contributed by atoms with Crippen molar-refractivity contribution in [3.8, 4) is 5.69 Å². The van der Waals surface area contributed by atoms with Gasteiger partial charge in [0.1, 0.15) is 5.82 Å². The lowest BCUT2D eigenvalue weighted by molar-refractivity contribution is 0.0696. The number of hydrogen-bond donors (Lipinski definition) is 2. The molecule has 29 heavy (non-hydrogen) atoms. The molecule has 8 heteroatoms. The summed E-state index contributed by atoms with van der Waals surface area (Å²) in [4.78, 5) is 36.2. The highest BCUT2D eigenvalue weighted by Crippen LogP contribution is 2.24. The molecular weight excluding hydrogens is 399 g/mol. The number of aryl methyl sites for hydroxylation is 2. The fourth-order valence-electron chi connectivity index (χ4n) is 3.03. The van der Waals surface area contributed by atoms with Crippen LogP contribution < -0.4 is 10.9 Å². The van der Waals surface area contributed by atoms with Gasteiger partial charge in [-0.2, -0.15) is 0 Å². The van der Waals surface area contributed by atoms with Gasteiger partial charge in [0, 0.05) is 12.3 Å². The number of benzene rings is 2. The van der Waals surface area contributed by atoms with Crippen LogP contribution in [0.15, 0.2) is 53.5 Å². The maximum absolute atomic E-state index is 13.6. The predicted octanol–water partition coefficient (Wildman–Crippen LogP) is 4.20. The number of rotatable bonds is 4. The maximum atomic E-state index is 13.6. The quantitative estimate of drug-likeness (QED) is 0.669. The van der Waals surface area contributed by atoms with E-state index < -0.39 is 17.7 Å². The summed E-state index contributed by atoms with van der Waals surface area (Å²) in [7, 11) is 0. The van der Waals surface area contributed by atoms with E-state index in [1.165, 1.54) is 53.2 Å². The van der Waals surface area contributed by atoms with Crippen molar-refractivity contribution in [1.29, 1.82) is 0 Å². The Morgan fingerprint density at radius 2 is 1.66 bits per heavy atom. The van der Waals surface area contributed by atoms with Gasteiger partial charge in [-0.15, -0.1) is 0 Å². The molecule has 6 nitrogen and oxygen atoms in total. The number of carbonyl (C=O) groups is 2. The molecule has 0 bridgehead atoms. The van der Waals surface area contributed by atoms with Crippen LogP contribution in [0.2, 0.25) is 5.02 Å². The molecule has 148 valence electrons. The Bertz CT molecular complexity index is 1180. The minimum Gasteiger partial charge on any atom is -0.478 e. The van der Waals surface area contributed by atoms with Crippen LogP contribution in [0.25, 0.3) is 5.69 Å². The van der Waals surface area contributed by atoms with E-state index in [1.54, 1.807) is 13.8 Å². The zero-order chi connectivity index (χ0) is 21.3. The molecule has 0 aliphatic heterocycles. The van der Waals surface area contributed by atoms with Crippen molar-refractivity contribution in [2.24, 2.45) is 0 Å². The number of nitrogens with one attached hydrogen (secondary N) is 1. The predicted molar refractivity (Wildman–Crippen MR) is 108 cm³/mol. The first-order valence-electron chi connectivity index (χ1n) is 8.51. The topological polar surface area (TPSA) is 88.4 Å². The SMILES string of the molecule is Cc1cc(F)cc(C)c1-n1cc(C(=O)Nc2cc(C(=O)O)ccc2Cl)ccc1=O. The number of halogens is 2. The lowest BCUT2D eigenvalue weighted by Crippen LogP contribution is -2.22. The molecule has 0 fully saturated rings. The van der Waals surface area contributed by atoms with Gasteiger partial charge in [-0.05, 0) is 61.4 Å². The third kappa shape index (κ3) is 4.20. The highest BCUT2D eigenvalue weighted by atomic mass is 35.5. The summed E-state index contributed by atoms with van der Waals surface area (Å²) in [5, 5.41) is 11.8. The molecule has 0 aliphatic rings. The molecule has 0 unspecified atom stereocenters. The van der Waals surface area contributed by atoms with Crippen LogP contribution in [0.1, 0.15) is 31.8 Å². The van der Waals surface area contributed by atoms with E-state index in [9.17, 15) is 18.8 Å². The van der Waals surface area contributed by atoms with Crippen LogP contribution in [-0.2, 0) is 0 Å².